The van der Waals surface area contributed by atoms with Gasteiger partial charge in [0.25, 0.3) is 0 Å². The zero-order valence-electron chi connectivity index (χ0n) is 7.11. The van der Waals surface area contributed by atoms with Crippen molar-refractivity contribution in [3.05, 3.63) is 5.82 Å². The molecule has 64 valence electrons. The van der Waals surface area contributed by atoms with E-state index in [9.17, 15) is 0 Å². The van der Waals surface area contributed by atoms with Crippen molar-refractivity contribution in [3.63, 3.8) is 0 Å². The minimum Gasteiger partial charge on any atom is -0.308 e. The number of nitrogens with zero attached hydrogens (tertiary/aromatic N) is 4. The highest BCUT2D eigenvalue weighted by atomic mass is 32.2. The molecule has 1 heterocycles. The largest absolute Gasteiger partial charge is 0.308 e. The molecule has 0 radical (unpaired) electrons. The van der Waals surface area contributed by atoms with Gasteiger partial charge >= 0.3 is 0 Å². The predicted molar refractivity (Wildman–Crippen MR) is 46.7 cm³/mol. The van der Waals surface area contributed by atoms with Crippen LogP contribution in [-0.2, 0) is 13.5 Å². The van der Waals surface area contributed by atoms with E-state index in [0.29, 0.717) is 6.42 Å². The Labute approximate surface area is 75.6 Å². The summed E-state index contributed by atoms with van der Waals surface area (Å²) in [6.45, 7) is 2.06. The zero-order chi connectivity index (χ0) is 8.97. The van der Waals surface area contributed by atoms with Crippen LogP contribution in [0.3, 0.4) is 0 Å². The molecule has 0 unspecified atom stereocenters. The third-order valence-electron chi connectivity index (χ3n) is 1.44. The third-order valence-corrected chi connectivity index (χ3v) is 2.34. The first-order valence-corrected chi connectivity index (χ1v) is 4.66. The highest BCUT2D eigenvalue weighted by Gasteiger charge is 2.06. The molecule has 0 atom stereocenters. The van der Waals surface area contributed by atoms with Gasteiger partial charge in [-0.2, -0.15) is 5.26 Å². The van der Waals surface area contributed by atoms with Gasteiger partial charge < -0.3 is 4.57 Å². The van der Waals surface area contributed by atoms with Crippen LogP contribution >= 0.6 is 11.8 Å². The first-order valence-electron chi connectivity index (χ1n) is 3.67. The molecule has 12 heavy (non-hydrogen) atoms. The van der Waals surface area contributed by atoms with Crippen LogP contribution in [0.5, 0.6) is 0 Å². The predicted octanol–water partition coefficient (Wildman–Crippen LogP) is 0.993. The van der Waals surface area contributed by atoms with Crippen LogP contribution in [0.2, 0.25) is 0 Å². The summed E-state index contributed by atoms with van der Waals surface area (Å²) >= 11 is 1.63. The van der Waals surface area contributed by atoms with Gasteiger partial charge in [0.05, 0.1) is 12.5 Å². The fraction of sp³-hybridized carbons (Fsp3) is 0.571. The number of rotatable bonds is 3. The second-order valence-electron chi connectivity index (χ2n) is 2.23. The Balaban J connectivity index is 2.82. The maximum absolute atomic E-state index is 8.45. The lowest BCUT2D eigenvalue weighted by atomic mass is 10.4. The van der Waals surface area contributed by atoms with Crippen molar-refractivity contribution in [2.45, 2.75) is 18.5 Å². The van der Waals surface area contributed by atoms with Gasteiger partial charge in [0.2, 0.25) is 0 Å². The molecule has 0 aliphatic carbocycles. The Bertz CT molecular complexity index is 299. The maximum atomic E-state index is 8.45. The summed E-state index contributed by atoms with van der Waals surface area (Å²) < 4.78 is 1.86. The van der Waals surface area contributed by atoms with Gasteiger partial charge in [0, 0.05) is 7.05 Å². The molecule has 5 heteroatoms. The molecule has 0 N–H and O–H groups in total. The molecule has 0 aromatic carbocycles. The monoisotopic (exact) mass is 182 g/mol. The lowest BCUT2D eigenvalue weighted by Crippen LogP contribution is -1.97. The Morgan fingerprint density at radius 1 is 1.58 bits per heavy atom. The van der Waals surface area contributed by atoms with Gasteiger partial charge in [0.15, 0.2) is 5.16 Å². The van der Waals surface area contributed by atoms with Crippen molar-refractivity contribution in [2.24, 2.45) is 7.05 Å². The Hall–Kier alpha value is -1.02. The molecule has 0 bridgehead atoms. The molecule has 0 saturated carbocycles. The number of hydrogen-bond acceptors (Lipinski definition) is 4. The Morgan fingerprint density at radius 3 is 2.92 bits per heavy atom. The van der Waals surface area contributed by atoms with E-state index in [2.05, 4.69) is 17.1 Å². The summed E-state index contributed by atoms with van der Waals surface area (Å²) in [4.78, 5) is 0. The van der Waals surface area contributed by atoms with Crippen LogP contribution in [0.25, 0.3) is 0 Å². The van der Waals surface area contributed by atoms with Gasteiger partial charge in [0.1, 0.15) is 5.82 Å². The van der Waals surface area contributed by atoms with Gasteiger partial charge in [-0.3, -0.25) is 0 Å². The van der Waals surface area contributed by atoms with E-state index in [4.69, 9.17) is 5.26 Å². The normalized spacial score (nSPS) is 9.75. The molecule has 0 aliphatic heterocycles. The summed E-state index contributed by atoms with van der Waals surface area (Å²) in [5.74, 6) is 1.70. The number of aromatic nitrogens is 3. The average molecular weight is 182 g/mol. The summed E-state index contributed by atoms with van der Waals surface area (Å²) in [6, 6.07) is 2.05. The van der Waals surface area contributed by atoms with Crippen molar-refractivity contribution < 1.29 is 0 Å². The molecule has 0 aliphatic rings. The van der Waals surface area contributed by atoms with Gasteiger partial charge in [-0.15, -0.1) is 10.2 Å². The van der Waals surface area contributed by atoms with Crippen LogP contribution < -0.4 is 0 Å². The highest BCUT2D eigenvalue weighted by molar-refractivity contribution is 7.99. The minimum absolute atomic E-state index is 0.327. The summed E-state index contributed by atoms with van der Waals surface area (Å²) in [5.41, 5.74) is 0. The molecule has 1 rings (SSSR count). The topological polar surface area (TPSA) is 54.5 Å². The molecule has 0 spiro atoms. The van der Waals surface area contributed by atoms with E-state index >= 15 is 0 Å². The second-order valence-corrected chi connectivity index (χ2v) is 3.46. The molecule has 1 aromatic heterocycles. The quantitative estimate of drug-likeness (QED) is 0.654. The molecule has 4 nitrogen and oxygen atoms in total. The van der Waals surface area contributed by atoms with Crippen molar-refractivity contribution in [1.29, 1.82) is 5.26 Å². The Morgan fingerprint density at radius 2 is 2.33 bits per heavy atom. The van der Waals surface area contributed by atoms with Gasteiger partial charge in [-0.1, -0.05) is 18.7 Å². The highest BCUT2D eigenvalue weighted by Crippen LogP contribution is 2.14. The first-order chi connectivity index (χ1) is 5.79. The number of hydrogen-bond donors (Lipinski definition) is 0. The van der Waals surface area contributed by atoms with E-state index in [1.807, 2.05) is 17.7 Å². The lowest BCUT2D eigenvalue weighted by Gasteiger charge is -1.97. The summed E-state index contributed by atoms with van der Waals surface area (Å²) in [6.07, 6.45) is 0.327. The fourth-order valence-electron chi connectivity index (χ4n) is 0.824. The van der Waals surface area contributed by atoms with Crippen molar-refractivity contribution in [2.75, 3.05) is 5.75 Å². The Kier molecular flexibility index (Phi) is 3.11. The standard InChI is InChI=1S/C7H10N4S/c1-3-12-7-10-9-6(4-5-8)11(7)2/h3-4H2,1-2H3. The fourth-order valence-corrected chi connectivity index (χ4v) is 1.48. The van der Waals surface area contributed by atoms with Crippen molar-refractivity contribution >= 4 is 11.8 Å². The van der Waals surface area contributed by atoms with E-state index in [0.717, 1.165) is 16.7 Å². The van der Waals surface area contributed by atoms with Gasteiger partial charge in [-0.05, 0) is 5.75 Å². The van der Waals surface area contributed by atoms with Crippen molar-refractivity contribution in [3.8, 4) is 6.07 Å². The zero-order valence-corrected chi connectivity index (χ0v) is 7.93. The van der Waals surface area contributed by atoms with Crippen LogP contribution in [-0.4, -0.2) is 20.5 Å². The van der Waals surface area contributed by atoms with E-state index in [1.165, 1.54) is 0 Å². The van der Waals surface area contributed by atoms with E-state index < -0.39 is 0 Å². The molecular weight excluding hydrogens is 172 g/mol. The van der Waals surface area contributed by atoms with E-state index in [-0.39, 0.29) is 0 Å². The summed E-state index contributed by atoms with van der Waals surface area (Å²) in [5, 5.41) is 17.2. The van der Waals surface area contributed by atoms with Gasteiger partial charge in [-0.25, -0.2) is 0 Å². The first kappa shape index (κ1) is 9.07. The molecule has 0 saturated heterocycles. The van der Waals surface area contributed by atoms with Crippen molar-refractivity contribution in [1.82, 2.24) is 14.8 Å². The number of nitriles is 1. The lowest BCUT2D eigenvalue weighted by molar-refractivity contribution is 0.754. The van der Waals surface area contributed by atoms with Crippen LogP contribution in [0, 0.1) is 11.3 Å². The molecule has 1 aromatic rings. The third kappa shape index (κ3) is 1.77. The molecule has 0 amide bonds. The molecular formula is C7H10N4S. The smallest absolute Gasteiger partial charge is 0.190 e. The van der Waals surface area contributed by atoms with E-state index in [1.54, 1.807) is 11.8 Å². The molecule has 0 fully saturated rings. The minimum atomic E-state index is 0.327. The SMILES string of the molecule is CCSc1nnc(CC#N)n1C. The van der Waals surface area contributed by atoms with Crippen LogP contribution in [0.4, 0.5) is 0 Å². The second kappa shape index (κ2) is 4.12. The maximum Gasteiger partial charge on any atom is 0.190 e. The summed E-state index contributed by atoms with van der Waals surface area (Å²) in [7, 11) is 1.88. The van der Waals surface area contributed by atoms with Crippen LogP contribution in [0.15, 0.2) is 5.16 Å². The van der Waals surface area contributed by atoms with Crippen LogP contribution in [0.1, 0.15) is 12.7 Å². The number of thioether (sulfide) groups is 1. The average Bonchev–Trinajstić information content (AvgIpc) is 2.38.